The van der Waals surface area contributed by atoms with Crippen molar-refractivity contribution in [3.05, 3.63) is 66.2 Å². The lowest BCUT2D eigenvalue weighted by atomic mass is 10.2. The Morgan fingerprint density at radius 2 is 1.53 bits per heavy atom. The summed E-state index contributed by atoms with van der Waals surface area (Å²) in [6, 6.07) is 19.6. The van der Waals surface area contributed by atoms with Crippen molar-refractivity contribution in [1.29, 1.82) is 0 Å². The molecule has 0 saturated carbocycles. The van der Waals surface area contributed by atoms with Gasteiger partial charge < -0.3 is 0 Å². The minimum Gasteiger partial charge on any atom is -0.262 e. The summed E-state index contributed by atoms with van der Waals surface area (Å²) >= 11 is 1.44. The predicted molar refractivity (Wildman–Crippen MR) is 72.4 cm³/mol. The highest BCUT2D eigenvalue weighted by Gasteiger charge is 2.06. The monoisotopic (exact) mass is 242 g/mol. The van der Waals surface area contributed by atoms with Crippen molar-refractivity contribution in [3.63, 3.8) is 0 Å². The molecule has 0 aromatic heterocycles. The molecule has 2 rings (SSSR count). The van der Waals surface area contributed by atoms with Crippen molar-refractivity contribution >= 4 is 24.0 Å². The molecule has 0 bridgehead atoms. The fourth-order valence-electron chi connectivity index (χ4n) is 1.43. The maximum Gasteiger partial charge on any atom is 0.327 e. The van der Waals surface area contributed by atoms with Crippen LogP contribution in [0.3, 0.4) is 0 Å². The lowest BCUT2D eigenvalue weighted by Gasteiger charge is -2.14. The van der Waals surface area contributed by atoms with Gasteiger partial charge in [0.25, 0.3) is 0 Å². The van der Waals surface area contributed by atoms with E-state index < -0.39 is 0 Å². The molecule has 0 N–H and O–H groups in total. The molecule has 17 heavy (non-hydrogen) atoms. The zero-order valence-corrected chi connectivity index (χ0v) is 10.1. The van der Waals surface area contributed by atoms with Crippen LogP contribution in [-0.2, 0) is 10.5 Å². The quantitative estimate of drug-likeness (QED) is 0.591. The number of amides is 1. The highest BCUT2D eigenvalue weighted by atomic mass is 32.2. The van der Waals surface area contributed by atoms with Crippen LogP contribution in [0.15, 0.2) is 60.7 Å². The third kappa shape index (κ3) is 3.36. The third-order valence-electron chi connectivity index (χ3n) is 2.28. The van der Waals surface area contributed by atoms with Crippen molar-refractivity contribution in [2.75, 3.05) is 4.31 Å². The highest BCUT2D eigenvalue weighted by molar-refractivity contribution is 8.00. The van der Waals surface area contributed by atoms with Gasteiger partial charge in [-0.1, -0.05) is 48.5 Å². The Labute approximate surface area is 105 Å². The Morgan fingerprint density at radius 1 is 0.941 bits per heavy atom. The first kappa shape index (κ1) is 11.7. The number of carbonyl (C=O) groups excluding carboxylic acids is 1. The van der Waals surface area contributed by atoms with Crippen molar-refractivity contribution in [3.8, 4) is 0 Å². The first-order valence-electron chi connectivity index (χ1n) is 5.30. The SMILES string of the molecule is O=[C]N(SCc1ccccc1)c1ccccc1. The molecular weight excluding hydrogens is 230 g/mol. The normalized spacial score (nSPS) is 9.88. The Bertz CT molecular complexity index is 458. The van der Waals surface area contributed by atoms with E-state index in [1.54, 1.807) is 0 Å². The number of rotatable bonds is 5. The summed E-state index contributed by atoms with van der Waals surface area (Å²) in [6.45, 7) is 0. The largest absolute Gasteiger partial charge is 0.327 e. The van der Waals surface area contributed by atoms with E-state index >= 15 is 0 Å². The molecule has 3 heteroatoms. The lowest BCUT2D eigenvalue weighted by molar-refractivity contribution is 0.558. The van der Waals surface area contributed by atoms with Crippen molar-refractivity contribution in [2.24, 2.45) is 0 Å². The highest BCUT2D eigenvalue weighted by Crippen LogP contribution is 2.23. The second-order valence-electron chi connectivity index (χ2n) is 3.48. The molecule has 0 aliphatic heterocycles. The molecular formula is C14H12NOS. The minimum atomic E-state index is 0.755. The number of anilines is 1. The van der Waals surface area contributed by atoms with Crippen LogP contribution in [0.5, 0.6) is 0 Å². The second-order valence-corrected chi connectivity index (χ2v) is 4.39. The molecule has 0 fully saturated rings. The molecule has 0 atom stereocenters. The van der Waals surface area contributed by atoms with E-state index in [0.717, 1.165) is 11.4 Å². The number of hydrogen-bond acceptors (Lipinski definition) is 2. The van der Waals surface area contributed by atoms with Gasteiger partial charge in [-0.2, -0.15) is 0 Å². The summed E-state index contributed by atoms with van der Waals surface area (Å²) in [5.41, 5.74) is 2.04. The Kier molecular flexibility index (Phi) is 4.22. The van der Waals surface area contributed by atoms with E-state index in [2.05, 4.69) is 0 Å². The number of benzene rings is 2. The summed E-state index contributed by atoms with van der Waals surface area (Å²) in [6.07, 6.45) is 1.93. The maximum absolute atomic E-state index is 10.9. The molecule has 0 saturated heterocycles. The van der Waals surface area contributed by atoms with Crippen LogP contribution >= 0.6 is 11.9 Å². The second kappa shape index (κ2) is 6.11. The van der Waals surface area contributed by atoms with Gasteiger partial charge in [0.15, 0.2) is 0 Å². The molecule has 2 aromatic carbocycles. The summed E-state index contributed by atoms with van der Waals surface area (Å²) in [5.74, 6) is 0.755. The van der Waals surface area contributed by atoms with Gasteiger partial charge in [-0.3, -0.25) is 4.79 Å². The number of nitrogens with zero attached hydrogens (tertiary/aromatic N) is 1. The standard InChI is InChI=1S/C14H12NOS/c16-12-15(14-9-5-2-6-10-14)17-11-13-7-3-1-4-8-13/h1-10H,11H2. The van der Waals surface area contributed by atoms with Gasteiger partial charge in [-0.15, -0.1) is 0 Å². The summed E-state index contributed by atoms with van der Waals surface area (Å²) < 4.78 is 1.52. The topological polar surface area (TPSA) is 20.3 Å². The third-order valence-corrected chi connectivity index (χ3v) is 3.28. The van der Waals surface area contributed by atoms with E-state index in [9.17, 15) is 4.79 Å². The smallest absolute Gasteiger partial charge is 0.262 e. The van der Waals surface area contributed by atoms with E-state index in [-0.39, 0.29) is 0 Å². The first-order valence-corrected chi connectivity index (χ1v) is 6.24. The van der Waals surface area contributed by atoms with Crippen molar-refractivity contribution in [1.82, 2.24) is 0 Å². The van der Waals surface area contributed by atoms with Crippen LogP contribution in [-0.4, -0.2) is 6.41 Å². The summed E-state index contributed by atoms with van der Waals surface area (Å²) in [5, 5.41) is 0. The van der Waals surface area contributed by atoms with E-state index in [1.807, 2.05) is 67.1 Å². The van der Waals surface area contributed by atoms with Crippen LogP contribution < -0.4 is 4.31 Å². The molecule has 0 aliphatic rings. The Balaban J connectivity index is 2.00. The van der Waals surface area contributed by atoms with Gasteiger partial charge in [0.1, 0.15) is 0 Å². The lowest BCUT2D eigenvalue weighted by Crippen LogP contribution is -2.11. The van der Waals surface area contributed by atoms with Gasteiger partial charge in [-0.25, -0.2) is 4.31 Å². The molecule has 0 heterocycles. The zero-order valence-electron chi connectivity index (χ0n) is 9.24. The zero-order chi connectivity index (χ0) is 11.9. The van der Waals surface area contributed by atoms with Crippen LogP contribution in [0.4, 0.5) is 5.69 Å². The van der Waals surface area contributed by atoms with E-state index in [0.29, 0.717) is 0 Å². The number of para-hydroxylation sites is 1. The molecule has 1 amide bonds. The molecule has 0 spiro atoms. The summed E-state index contributed by atoms with van der Waals surface area (Å²) in [4.78, 5) is 10.9. The first-order chi connectivity index (χ1) is 8.40. The molecule has 1 radical (unpaired) electrons. The fraction of sp³-hybridized carbons (Fsp3) is 0.0714. The summed E-state index contributed by atoms with van der Waals surface area (Å²) in [7, 11) is 0. The molecule has 2 aromatic rings. The van der Waals surface area contributed by atoms with Gasteiger partial charge in [-0.05, 0) is 29.6 Å². The van der Waals surface area contributed by atoms with Gasteiger partial charge in [0.2, 0.25) is 0 Å². The van der Waals surface area contributed by atoms with Gasteiger partial charge in [0.05, 0.1) is 5.69 Å². The average molecular weight is 242 g/mol. The van der Waals surface area contributed by atoms with Crippen LogP contribution in [0, 0.1) is 0 Å². The predicted octanol–water partition coefficient (Wildman–Crippen LogP) is 3.41. The number of hydrogen-bond donors (Lipinski definition) is 0. The Morgan fingerprint density at radius 3 is 2.12 bits per heavy atom. The minimum absolute atomic E-state index is 0.755. The van der Waals surface area contributed by atoms with Crippen LogP contribution in [0.2, 0.25) is 0 Å². The van der Waals surface area contributed by atoms with Gasteiger partial charge >= 0.3 is 6.41 Å². The van der Waals surface area contributed by atoms with Crippen molar-refractivity contribution in [2.45, 2.75) is 5.75 Å². The Hall–Kier alpha value is -1.74. The van der Waals surface area contributed by atoms with Crippen LogP contribution in [0.25, 0.3) is 0 Å². The van der Waals surface area contributed by atoms with E-state index in [1.165, 1.54) is 21.8 Å². The van der Waals surface area contributed by atoms with Gasteiger partial charge in [0, 0.05) is 5.75 Å². The molecule has 85 valence electrons. The molecule has 0 unspecified atom stereocenters. The molecule has 2 nitrogen and oxygen atoms in total. The fourth-order valence-corrected chi connectivity index (χ4v) is 2.22. The van der Waals surface area contributed by atoms with E-state index in [4.69, 9.17) is 0 Å². The van der Waals surface area contributed by atoms with Crippen molar-refractivity contribution < 1.29 is 4.79 Å². The molecule has 0 aliphatic carbocycles. The average Bonchev–Trinajstić information content (AvgIpc) is 2.42. The maximum atomic E-state index is 10.9. The van der Waals surface area contributed by atoms with Crippen LogP contribution in [0.1, 0.15) is 5.56 Å².